The second-order valence-corrected chi connectivity index (χ2v) is 3.10. The maximum Gasteiger partial charge on any atom is 0.370 e. The molecule has 6 heteroatoms. The third-order valence-electron chi connectivity index (χ3n) is 1.57. The summed E-state index contributed by atoms with van der Waals surface area (Å²) in [6, 6.07) is 5.45. The molecule has 0 aliphatic heterocycles. The van der Waals surface area contributed by atoms with Crippen molar-refractivity contribution >= 4 is 28.4 Å². The standard InChI is InChI=1S/C10H10ClFN2O2/c1-2-16-10(15)9(11)14-13-8-5-3-7(12)4-6-8/h3-6,13H,2H2,1H3/b14-9+. The largest absolute Gasteiger partial charge is 0.461 e. The maximum atomic E-state index is 12.6. The number of carbonyl (C=O) groups excluding carboxylic acids is 1. The maximum absolute atomic E-state index is 12.6. The van der Waals surface area contributed by atoms with E-state index in [1.54, 1.807) is 6.92 Å². The molecule has 0 bridgehead atoms. The molecule has 0 fully saturated rings. The van der Waals surface area contributed by atoms with Gasteiger partial charge in [0, 0.05) is 0 Å². The van der Waals surface area contributed by atoms with E-state index in [0.717, 1.165) is 0 Å². The first-order valence-electron chi connectivity index (χ1n) is 4.55. The Morgan fingerprint density at radius 2 is 2.12 bits per heavy atom. The molecule has 1 N–H and O–H groups in total. The Bertz CT molecular complexity index is 392. The van der Waals surface area contributed by atoms with Crippen molar-refractivity contribution in [3.63, 3.8) is 0 Å². The first kappa shape index (κ1) is 12.4. The Kier molecular flexibility index (Phi) is 4.72. The van der Waals surface area contributed by atoms with Crippen LogP contribution >= 0.6 is 11.6 Å². The van der Waals surface area contributed by atoms with Gasteiger partial charge in [-0.25, -0.2) is 9.18 Å². The minimum atomic E-state index is -0.709. The summed E-state index contributed by atoms with van der Waals surface area (Å²) in [5, 5.41) is 3.26. The fourth-order valence-corrected chi connectivity index (χ4v) is 0.971. The zero-order valence-corrected chi connectivity index (χ0v) is 9.29. The number of halogens is 2. The molecule has 0 aromatic heterocycles. The monoisotopic (exact) mass is 244 g/mol. The van der Waals surface area contributed by atoms with E-state index < -0.39 is 5.97 Å². The summed E-state index contributed by atoms with van der Waals surface area (Å²) >= 11 is 5.53. The molecule has 0 heterocycles. The van der Waals surface area contributed by atoms with Crippen LogP contribution in [-0.4, -0.2) is 17.7 Å². The molecule has 0 atom stereocenters. The lowest BCUT2D eigenvalue weighted by Crippen LogP contribution is -2.13. The Morgan fingerprint density at radius 1 is 1.50 bits per heavy atom. The summed E-state index contributed by atoms with van der Waals surface area (Å²) in [7, 11) is 0. The van der Waals surface area contributed by atoms with Crippen LogP contribution < -0.4 is 5.43 Å². The first-order valence-corrected chi connectivity index (χ1v) is 4.93. The van der Waals surface area contributed by atoms with Gasteiger partial charge < -0.3 is 4.74 Å². The fraction of sp³-hybridized carbons (Fsp3) is 0.200. The Hall–Kier alpha value is -1.62. The molecule has 16 heavy (non-hydrogen) atoms. The number of anilines is 1. The SMILES string of the molecule is CCOC(=O)/C(Cl)=N\Nc1ccc(F)cc1. The van der Waals surface area contributed by atoms with Gasteiger partial charge in [0.1, 0.15) is 5.82 Å². The van der Waals surface area contributed by atoms with Crippen LogP contribution in [-0.2, 0) is 9.53 Å². The second kappa shape index (κ2) is 6.07. The molecular weight excluding hydrogens is 235 g/mol. The van der Waals surface area contributed by atoms with Crippen LogP contribution in [0.15, 0.2) is 29.4 Å². The van der Waals surface area contributed by atoms with Gasteiger partial charge in [-0.05, 0) is 31.2 Å². The van der Waals surface area contributed by atoms with Gasteiger partial charge in [0.15, 0.2) is 0 Å². The normalized spacial score (nSPS) is 11.1. The van der Waals surface area contributed by atoms with Gasteiger partial charge >= 0.3 is 5.97 Å². The number of nitrogens with zero attached hydrogens (tertiary/aromatic N) is 1. The Morgan fingerprint density at radius 3 is 2.69 bits per heavy atom. The first-order chi connectivity index (χ1) is 7.63. The van der Waals surface area contributed by atoms with Gasteiger partial charge in [0.05, 0.1) is 12.3 Å². The second-order valence-electron chi connectivity index (χ2n) is 2.74. The van der Waals surface area contributed by atoms with Crippen LogP contribution in [0, 0.1) is 5.82 Å². The molecule has 0 spiro atoms. The van der Waals surface area contributed by atoms with E-state index in [1.165, 1.54) is 24.3 Å². The molecule has 0 unspecified atom stereocenters. The van der Waals surface area contributed by atoms with Crippen molar-refractivity contribution in [1.29, 1.82) is 0 Å². The van der Waals surface area contributed by atoms with E-state index in [-0.39, 0.29) is 17.6 Å². The highest BCUT2D eigenvalue weighted by Gasteiger charge is 2.08. The molecule has 86 valence electrons. The number of benzene rings is 1. The van der Waals surface area contributed by atoms with Crippen LogP contribution in [0.4, 0.5) is 10.1 Å². The lowest BCUT2D eigenvalue weighted by molar-refractivity contribution is -0.134. The number of hydrogen-bond donors (Lipinski definition) is 1. The smallest absolute Gasteiger partial charge is 0.370 e. The van der Waals surface area contributed by atoms with Crippen molar-refractivity contribution in [2.75, 3.05) is 12.0 Å². The summed E-state index contributed by atoms with van der Waals surface area (Å²) in [4.78, 5) is 11.0. The number of hydrazone groups is 1. The molecule has 4 nitrogen and oxygen atoms in total. The van der Waals surface area contributed by atoms with Gasteiger partial charge in [0.25, 0.3) is 0 Å². The van der Waals surface area contributed by atoms with Gasteiger partial charge in [-0.2, -0.15) is 5.10 Å². The number of rotatable bonds is 4. The van der Waals surface area contributed by atoms with Crippen LogP contribution in [0.2, 0.25) is 0 Å². The summed E-state index contributed by atoms with van der Waals surface area (Å²) in [6.45, 7) is 1.89. The molecule has 0 radical (unpaired) electrons. The topological polar surface area (TPSA) is 50.7 Å². The van der Waals surface area contributed by atoms with Crippen LogP contribution in [0.5, 0.6) is 0 Å². The molecule has 0 amide bonds. The van der Waals surface area contributed by atoms with E-state index >= 15 is 0 Å². The van der Waals surface area contributed by atoms with E-state index in [4.69, 9.17) is 11.6 Å². The van der Waals surface area contributed by atoms with Crippen molar-refractivity contribution in [2.24, 2.45) is 5.10 Å². The summed E-state index contributed by atoms with van der Waals surface area (Å²) in [6.07, 6.45) is 0. The summed E-state index contributed by atoms with van der Waals surface area (Å²) in [5.41, 5.74) is 3.02. The highest BCUT2D eigenvalue weighted by molar-refractivity contribution is 6.82. The van der Waals surface area contributed by atoms with Gasteiger partial charge in [-0.15, -0.1) is 0 Å². The molecule has 1 rings (SSSR count). The number of nitrogens with one attached hydrogen (secondary N) is 1. The number of ether oxygens (including phenoxy) is 1. The van der Waals surface area contributed by atoms with Gasteiger partial charge in [0.2, 0.25) is 5.17 Å². The zero-order valence-electron chi connectivity index (χ0n) is 8.54. The predicted molar refractivity (Wildman–Crippen MR) is 59.9 cm³/mol. The number of hydrogen-bond acceptors (Lipinski definition) is 4. The quantitative estimate of drug-likeness (QED) is 0.503. The average molecular weight is 245 g/mol. The highest BCUT2D eigenvalue weighted by atomic mass is 35.5. The molecule has 0 saturated carbocycles. The van der Waals surface area contributed by atoms with E-state index in [2.05, 4.69) is 15.3 Å². The van der Waals surface area contributed by atoms with Gasteiger partial charge in [-0.3, -0.25) is 5.43 Å². The van der Waals surface area contributed by atoms with Crippen molar-refractivity contribution in [2.45, 2.75) is 6.92 Å². The molecule has 0 aliphatic carbocycles. The number of esters is 1. The molecular formula is C10H10ClFN2O2. The Labute approximate surface area is 97.1 Å². The highest BCUT2D eigenvalue weighted by Crippen LogP contribution is 2.08. The average Bonchev–Trinajstić information content (AvgIpc) is 2.28. The third-order valence-corrected chi connectivity index (χ3v) is 1.81. The zero-order chi connectivity index (χ0) is 12.0. The summed E-state index contributed by atoms with van der Waals surface area (Å²) in [5.74, 6) is -1.07. The van der Waals surface area contributed by atoms with Crippen molar-refractivity contribution < 1.29 is 13.9 Å². The van der Waals surface area contributed by atoms with Crippen molar-refractivity contribution in [1.82, 2.24) is 0 Å². The third kappa shape index (κ3) is 3.86. The molecule has 1 aromatic rings. The molecule has 0 saturated heterocycles. The van der Waals surface area contributed by atoms with E-state index in [1.807, 2.05) is 0 Å². The lowest BCUT2D eigenvalue weighted by Gasteiger charge is -2.01. The number of carbonyl (C=O) groups is 1. The minimum absolute atomic E-state index is 0.223. The van der Waals surface area contributed by atoms with E-state index in [0.29, 0.717) is 5.69 Å². The minimum Gasteiger partial charge on any atom is -0.461 e. The van der Waals surface area contributed by atoms with Crippen LogP contribution in [0.3, 0.4) is 0 Å². The van der Waals surface area contributed by atoms with E-state index in [9.17, 15) is 9.18 Å². The molecule has 0 aliphatic rings. The fourth-order valence-electron chi connectivity index (χ4n) is 0.874. The lowest BCUT2D eigenvalue weighted by atomic mass is 10.3. The van der Waals surface area contributed by atoms with Crippen LogP contribution in [0.1, 0.15) is 6.92 Å². The van der Waals surface area contributed by atoms with Crippen molar-refractivity contribution in [3.05, 3.63) is 30.1 Å². The molecule has 1 aromatic carbocycles. The summed E-state index contributed by atoms with van der Waals surface area (Å²) < 4.78 is 17.2. The van der Waals surface area contributed by atoms with Gasteiger partial charge in [-0.1, -0.05) is 11.6 Å². The predicted octanol–water partition coefficient (Wildman–Crippen LogP) is 2.35. The van der Waals surface area contributed by atoms with Crippen molar-refractivity contribution in [3.8, 4) is 0 Å². The Balaban J connectivity index is 2.58. The van der Waals surface area contributed by atoms with Crippen LogP contribution in [0.25, 0.3) is 0 Å².